The van der Waals surface area contributed by atoms with Gasteiger partial charge in [-0.2, -0.15) is 0 Å². The van der Waals surface area contributed by atoms with Crippen LogP contribution in [0.1, 0.15) is 37.9 Å². The van der Waals surface area contributed by atoms with E-state index in [0.717, 1.165) is 30.0 Å². The minimum absolute atomic E-state index is 0.439. The van der Waals surface area contributed by atoms with Crippen molar-refractivity contribution in [3.05, 3.63) is 27.6 Å². The Balaban J connectivity index is 1.70. The molecule has 0 N–H and O–H groups in total. The largest absolute Gasteiger partial charge is 0.376 e. The summed E-state index contributed by atoms with van der Waals surface area (Å²) >= 11 is 8.36. The zero-order chi connectivity index (χ0) is 14.7. The van der Waals surface area contributed by atoms with E-state index in [1.807, 2.05) is 0 Å². The SMILES string of the molecule is ClCc1nc2cc(I)ccc2n1CCOC1CCCCC1. The van der Waals surface area contributed by atoms with Gasteiger partial charge in [0.1, 0.15) is 5.82 Å². The average molecular weight is 419 g/mol. The van der Waals surface area contributed by atoms with Crippen LogP contribution in [0, 0.1) is 3.57 Å². The highest BCUT2D eigenvalue weighted by molar-refractivity contribution is 14.1. The summed E-state index contributed by atoms with van der Waals surface area (Å²) in [5.74, 6) is 1.37. The molecule has 3 nitrogen and oxygen atoms in total. The fourth-order valence-electron chi connectivity index (χ4n) is 3.05. The summed E-state index contributed by atoms with van der Waals surface area (Å²) < 4.78 is 9.43. The lowest BCUT2D eigenvalue weighted by Gasteiger charge is -2.22. The second-order valence-electron chi connectivity index (χ2n) is 5.58. The molecule has 1 saturated carbocycles. The third kappa shape index (κ3) is 3.71. The predicted octanol–water partition coefficient (Wildman–Crippen LogP) is 4.73. The van der Waals surface area contributed by atoms with Gasteiger partial charge in [0.05, 0.1) is 29.6 Å². The van der Waals surface area contributed by atoms with E-state index < -0.39 is 0 Å². The third-order valence-electron chi connectivity index (χ3n) is 4.13. The maximum absolute atomic E-state index is 6.04. The molecule has 0 aliphatic heterocycles. The van der Waals surface area contributed by atoms with Crippen molar-refractivity contribution in [1.82, 2.24) is 9.55 Å². The minimum atomic E-state index is 0.439. The molecule has 0 spiro atoms. The number of imidazole rings is 1. The van der Waals surface area contributed by atoms with E-state index in [9.17, 15) is 0 Å². The fraction of sp³-hybridized carbons (Fsp3) is 0.562. The van der Waals surface area contributed by atoms with Crippen LogP contribution in [0.25, 0.3) is 11.0 Å². The van der Waals surface area contributed by atoms with Gasteiger partial charge in [0.2, 0.25) is 0 Å². The molecule has 0 saturated heterocycles. The van der Waals surface area contributed by atoms with Crippen molar-refractivity contribution in [2.45, 2.75) is 50.6 Å². The predicted molar refractivity (Wildman–Crippen MR) is 94.8 cm³/mol. The standard InChI is InChI=1S/C16H20ClIN2O/c17-11-16-19-14-10-12(18)6-7-15(14)20(16)8-9-21-13-4-2-1-3-5-13/h6-7,10,13H,1-5,8-9,11H2. The Hall–Kier alpha value is -0.330. The summed E-state index contributed by atoms with van der Waals surface area (Å²) in [6, 6.07) is 6.34. The van der Waals surface area contributed by atoms with Crippen molar-refractivity contribution in [1.29, 1.82) is 0 Å². The van der Waals surface area contributed by atoms with Crippen molar-refractivity contribution in [2.24, 2.45) is 0 Å². The number of benzene rings is 1. The van der Waals surface area contributed by atoms with Crippen molar-refractivity contribution in [2.75, 3.05) is 6.61 Å². The molecule has 0 unspecified atom stereocenters. The molecule has 1 heterocycles. The van der Waals surface area contributed by atoms with Crippen LogP contribution in [-0.4, -0.2) is 22.3 Å². The highest BCUT2D eigenvalue weighted by atomic mass is 127. The second-order valence-corrected chi connectivity index (χ2v) is 7.09. The van der Waals surface area contributed by atoms with Crippen LogP contribution in [0.5, 0.6) is 0 Å². The van der Waals surface area contributed by atoms with Crippen LogP contribution >= 0.6 is 34.2 Å². The van der Waals surface area contributed by atoms with Crippen molar-refractivity contribution >= 4 is 45.2 Å². The van der Waals surface area contributed by atoms with Gasteiger partial charge in [0.15, 0.2) is 0 Å². The monoisotopic (exact) mass is 418 g/mol. The molecular formula is C16H20ClIN2O. The Morgan fingerprint density at radius 1 is 1.29 bits per heavy atom. The molecule has 1 fully saturated rings. The van der Waals surface area contributed by atoms with E-state index in [-0.39, 0.29) is 0 Å². The molecule has 21 heavy (non-hydrogen) atoms. The summed E-state index contributed by atoms with van der Waals surface area (Å²) in [7, 11) is 0. The summed E-state index contributed by atoms with van der Waals surface area (Å²) in [4.78, 5) is 4.63. The maximum Gasteiger partial charge on any atom is 0.124 e. The zero-order valence-electron chi connectivity index (χ0n) is 12.0. The number of hydrogen-bond acceptors (Lipinski definition) is 2. The first-order chi connectivity index (χ1) is 10.3. The second kappa shape index (κ2) is 7.29. The molecule has 5 heteroatoms. The van der Waals surface area contributed by atoms with E-state index in [1.165, 1.54) is 35.7 Å². The van der Waals surface area contributed by atoms with Crippen LogP contribution in [0.15, 0.2) is 18.2 Å². The van der Waals surface area contributed by atoms with E-state index in [2.05, 4.69) is 50.3 Å². The highest BCUT2D eigenvalue weighted by Crippen LogP contribution is 2.22. The number of hydrogen-bond donors (Lipinski definition) is 0. The summed E-state index contributed by atoms with van der Waals surface area (Å²) in [6.07, 6.45) is 6.86. The Morgan fingerprint density at radius 2 is 2.10 bits per heavy atom. The first-order valence-electron chi connectivity index (χ1n) is 7.60. The molecule has 0 amide bonds. The van der Waals surface area contributed by atoms with Crippen LogP contribution in [0.4, 0.5) is 0 Å². The zero-order valence-corrected chi connectivity index (χ0v) is 14.9. The molecule has 0 bridgehead atoms. The van der Waals surface area contributed by atoms with Gasteiger partial charge < -0.3 is 9.30 Å². The van der Waals surface area contributed by atoms with Gasteiger partial charge in [-0.1, -0.05) is 19.3 Å². The molecule has 0 radical (unpaired) electrons. The Kier molecular flexibility index (Phi) is 5.40. The number of ether oxygens (including phenoxy) is 1. The van der Waals surface area contributed by atoms with Crippen molar-refractivity contribution in [3.63, 3.8) is 0 Å². The molecule has 1 aliphatic rings. The number of nitrogens with zero attached hydrogens (tertiary/aromatic N) is 2. The van der Waals surface area contributed by atoms with Crippen LogP contribution in [-0.2, 0) is 17.2 Å². The van der Waals surface area contributed by atoms with Crippen molar-refractivity contribution < 1.29 is 4.74 Å². The molecule has 3 rings (SSSR count). The molecule has 2 aromatic rings. The van der Waals surface area contributed by atoms with Crippen LogP contribution in [0.3, 0.4) is 0 Å². The number of alkyl halides is 1. The normalized spacial score (nSPS) is 16.7. The summed E-state index contributed by atoms with van der Waals surface area (Å²) in [6.45, 7) is 1.57. The number of rotatable bonds is 5. The lowest BCUT2D eigenvalue weighted by molar-refractivity contribution is 0.0242. The Labute approximate surface area is 144 Å². The lowest BCUT2D eigenvalue weighted by Crippen LogP contribution is -2.19. The lowest BCUT2D eigenvalue weighted by atomic mass is 9.98. The van der Waals surface area contributed by atoms with Crippen LogP contribution in [0.2, 0.25) is 0 Å². The van der Waals surface area contributed by atoms with Gasteiger partial charge in [-0.25, -0.2) is 4.98 Å². The highest BCUT2D eigenvalue weighted by Gasteiger charge is 2.15. The Bertz CT molecular complexity index is 608. The summed E-state index contributed by atoms with van der Waals surface area (Å²) in [5, 5.41) is 0. The maximum atomic E-state index is 6.04. The molecule has 1 aromatic carbocycles. The number of halogens is 2. The van der Waals surface area contributed by atoms with Gasteiger partial charge in [0, 0.05) is 10.1 Å². The third-order valence-corrected chi connectivity index (χ3v) is 5.04. The average Bonchev–Trinajstić information content (AvgIpc) is 2.85. The Morgan fingerprint density at radius 3 is 2.86 bits per heavy atom. The molecule has 1 aliphatic carbocycles. The van der Waals surface area contributed by atoms with E-state index >= 15 is 0 Å². The smallest absolute Gasteiger partial charge is 0.124 e. The number of aromatic nitrogens is 2. The quantitative estimate of drug-likeness (QED) is 0.518. The first kappa shape index (κ1) is 15.6. The van der Waals surface area contributed by atoms with E-state index in [1.54, 1.807) is 0 Å². The van der Waals surface area contributed by atoms with Gasteiger partial charge in [0.25, 0.3) is 0 Å². The number of fused-ring (bicyclic) bond motifs is 1. The fourth-order valence-corrected chi connectivity index (χ4v) is 3.73. The molecular weight excluding hydrogens is 399 g/mol. The summed E-state index contributed by atoms with van der Waals surface area (Å²) in [5.41, 5.74) is 2.17. The van der Waals surface area contributed by atoms with Gasteiger partial charge in [-0.3, -0.25) is 0 Å². The van der Waals surface area contributed by atoms with Gasteiger partial charge >= 0.3 is 0 Å². The first-order valence-corrected chi connectivity index (χ1v) is 9.21. The van der Waals surface area contributed by atoms with Gasteiger partial charge in [-0.05, 0) is 53.6 Å². The van der Waals surface area contributed by atoms with Crippen LogP contribution < -0.4 is 0 Å². The molecule has 114 valence electrons. The van der Waals surface area contributed by atoms with Gasteiger partial charge in [-0.15, -0.1) is 11.6 Å². The molecule has 1 aromatic heterocycles. The molecule has 0 atom stereocenters. The topological polar surface area (TPSA) is 27.1 Å². The van der Waals surface area contributed by atoms with E-state index in [0.29, 0.717) is 12.0 Å². The van der Waals surface area contributed by atoms with E-state index in [4.69, 9.17) is 16.3 Å². The van der Waals surface area contributed by atoms with Crippen molar-refractivity contribution in [3.8, 4) is 0 Å². The minimum Gasteiger partial charge on any atom is -0.376 e.